The van der Waals surface area contributed by atoms with Crippen molar-refractivity contribution in [2.45, 2.75) is 6.54 Å². The van der Waals surface area contributed by atoms with E-state index in [1.165, 1.54) is 18.3 Å². The van der Waals surface area contributed by atoms with Crippen molar-refractivity contribution < 1.29 is 9.18 Å². The molecule has 156 valence electrons. The predicted octanol–water partition coefficient (Wildman–Crippen LogP) is 6.01. The minimum absolute atomic E-state index is 0.246. The zero-order valence-electron chi connectivity index (χ0n) is 16.8. The lowest BCUT2D eigenvalue weighted by molar-refractivity contribution is 0.0950. The standard InChI is InChI=1S/C26H17ClFN3O/c27-25-12-20(18-6-8-24(28)9-7-18)4-5-21(25)16-31-26(32)23-11-22(14-30-15-23)19-3-1-2-17(10-19)13-29/h1-12,14-15H,16H2,(H,31,32). The fraction of sp³-hybridized carbons (Fsp3) is 0.0385. The minimum atomic E-state index is -0.296. The molecule has 0 spiro atoms. The number of benzene rings is 3. The van der Waals surface area contributed by atoms with Crippen LogP contribution in [0.25, 0.3) is 22.3 Å². The maximum absolute atomic E-state index is 13.1. The predicted molar refractivity (Wildman–Crippen MR) is 122 cm³/mol. The number of nitriles is 1. The van der Waals surface area contributed by atoms with Crippen LogP contribution >= 0.6 is 11.6 Å². The van der Waals surface area contributed by atoms with Crippen molar-refractivity contribution in [2.75, 3.05) is 0 Å². The summed E-state index contributed by atoms with van der Waals surface area (Å²) in [6, 6.07) is 22.7. The summed E-state index contributed by atoms with van der Waals surface area (Å²) >= 11 is 6.41. The number of pyridine rings is 1. The SMILES string of the molecule is N#Cc1cccc(-c2cncc(C(=O)NCc3ccc(-c4ccc(F)cc4)cc3Cl)c2)c1. The molecule has 3 aromatic carbocycles. The summed E-state index contributed by atoms with van der Waals surface area (Å²) in [6.45, 7) is 0.246. The largest absolute Gasteiger partial charge is 0.348 e. The first kappa shape index (κ1) is 21.2. The second-order valence-electron chi connectivity index (χ2n) is 7.15. The van der Waals surface area contributed by atoms with Crippen LogP contribution in [0.3, 0.4) is 0 Å². The van der Waals surface area contributed by atoms with Gasteiger partial charge in [-0.3, -0.25) is 9.78 Å². The van der Waals surface area contributed by atoms with Gasteiger partial charge in [-0.25, -0.2) is 4.39 Å². The number of hydrogen-bond acceptors (Lipinski definition) is 3. The van der Waals surface area contributed by atoms with Gasteiger partial charge in [0.25, 0.3) is 5.91 Å². The van der Waals surface area contributed by atoms with Crippen LogP contribution < -0.4 is 5.32 Å². The summed E-state index contributed by atoms with van der Waals surface area (Å²) in [5.41, 5.74) is 4.98. The first-order chi connectivity index (χ1) is 15.5. The lowest BCUT2D eigenvalue weighted by atomic mass is 10.0. The van der Waals surface area contributed by atoms with E-state index in [1.807, 2.05) is 18.2 Å². The van der Waals surface area contributed by atoms with Gasteiger partial charge in [-0.1, -0.05) is 48.0 Å². The number of nitrogens with one attached hydrogen (secondary N) is 1. The Labute approximate surface area is 189 Å². The van der Waals surface area contributed by atoms with Crippen molar-refractivity contribution >= 4 is 17.5 Å². The first-order valence-electron chi connectivity index (χ1n) is 9.81. The smallest absolute Gasteiger partial charge is 0.253 e. The number of hydrogen-bond donors (Lipinski definition) is 1. The first-order valence-corrected chi connectivity index (χ1v) is 10.2. The summed E-state index contributed by atoms with van der Waals surface area (Å²) in [6.07, 6.45) is 3.14. The monoisotopic (exact) mass is 441 g/mol. The van der Waals surface area contributed by atoms with Crippen LogP contribution in [-0.2, 0) is 6.54 Å². The van der Waals surface area contributed by atoms with E-state index in [2.05, 4.69) is 16.4 Å². The van der Waals surface area contributed by atoms with Crippen molar-refractivity contribution in [3.63, 3.8) is 0 Å². The number of carbonyl (C=O) groups excluding carboxylic acids is 1. The highest BCUT2D eigenvalue weighted by molar-refractivity contribution is 6.31. The van der Waals surface area contributed by atoms with E-state index in [9.17, 15) is 9.18 Å². The fourth-order valence-electron chi connectivity index (χ4n) is 3.28. The molecule has 0 fully saturated rings. The molecule has 0 unspecified atom stereocenters. The number of aromatic nitrogens is 1. The highest BCUT2D eigenvalue weighted by Crippen LogP contribution is 2.26. The Balaban J connectivity index is 1.47. The molecule has 0 aliphatic heterocycles. The average molecular weight is 442 g/mol. The van der Waals surface area contributed by atoms with Crippen molar-refractivity contribution in [3.05, 3.63) is 113 Å². The van der Waals surface area contributed by atoms with Gasteiger partial charge in [-0.2, -0.15) is 5.26 Å². The second kappa shape index (κ2) is 9.42. The Bertz CT molecular complexity index is 1330. The van der Waals surface area contributed by atoms with E-state index in [4.69, 9.17) is 16.9 Å². The normalized spacial score (nSPS) is 10.4. The molecule has 1 amide bonds. The van der Waals surface area contributed by atoms with Crippen LogP contribution in [-0.4, -0.2) is 10.9 Å². The molecule has 1 heterocycles. The van der Waals surface area contributed by atoms with Gasteiger partial charge in [0.05, 0.1) is 17.2 Å². The fourth-order valence-corrected chi connectivity index (χ4v) is 3.53. The topological polar surface area (TPSA) is 65.8 Å². The molecule has 0 aliphatic rings. The molecule has 0 saturated heterocycles. The maximum Gasteiger partial charge on any atom is 0.253 e. The molecule has 4 aromatic rings. The number of halogens is 2. The third kappa shape index (κ3) is 4.83. The lowest BCUT2D eigenvalue weighted by Gasteiger charge is -2.10. The van der Waals surface area contributed by atoms with Gasteiger partial charge in [-0.05, 0) is 58.7 Å². The van der Waals surface area contributed by atoms with E-state index >= 15 is 0 Å². The Kier molecular flexibility index (Phi) is 6.25. The van der Waals surface area contributed by atoms with Crippen molar-refractivity contribution in [1.82, 2.24) is 10.3 Å². The summed E-state index contributed by atoms with van der Waals surface area (Å²) in [4.78, 5) is 16.8. The van der Waals surface area contributed by atoms with Crippen molar-refractivity contribution in [3.8, 4) is 28.3 Å². The third-order valence-corrected chi connectivity index (χ3v) is 5.35. The van der Waals surface area contributed by atoms with Gasteiger partial charge in [0.2, 0.25) is 0 Å². The summed E-state index contributed by atoms with van der Waals surface area (Å²) < 4.78 is 13.1. The van der Waals surface area contributed by atoms with Gasteiger partial charge in [-0.15, -0.1) is 0 Å². The number of amides is 1. The molecule has 0 saturated carbocycles. The van der Waals surface area contributed by atoms with E-state index < -0.39 is 0 Å². The van der Waals surface area contributed by atoms with Crippen LogP contribution in [0.1, 0.15) is 21.5 Å². The van der Waals surface area contributed by atoms with Crippen molar-refractivity contribution in [2.24, 2.45) is 0 Å². The highest BCUT2D eigenvalue weighted by Gasteiger charge is 2.10. The number of rotatable bonds is 5. The Hall–Kier alpha value is -4.01. The van der Waals surface area contributed by atoms with Gasteiger partial charge in [0, 0.05) is 29.5 Å². The number of carbonyl (C=O) groups is 1. The Morgan fingerprint density at radius 2 is 1.69 bits per heavy atom. The van der Waals surface area contributed by atoms with Crippen LogP contribution in [0.4, 0.5) is 4.39 Å². The van der Waals surface area contributed by atoms with Gasteiger partial charge >= 0.3 is 0 Å². The quantitative estimate of drug-likeness (QED) is 0.412. The molecule has 4 nitrogen and oxygen atoms in total. The molecule has 0 bridgehead atoms. The van der Waals surface area contributed by atoms with Gasteiger partial charge in [0.1, 0.15) is 5.82 Å². The summed E-state index contributed by atoms with van der Waals surface area (Å²) in [5.74, 6) is -0.579. The average Bonchev–Trinajstić information content (AvgIpc) is 2.83. The lowest BCUT2D eigenvalue weighted by Crippen LogP contribution is -2.23. The summed E-state index contributed by atoms with van der Waals surface area (Å²) in [7, 11) is 0. The molecule has 0 aliphatic carbocycles. The minimum Gasteiger partial charge on any atom is -0.348 e. The van der Waals surface area contributed by atoms with Crippen LogP contribution in [0.5, 0.6) is 0 Å². The summed E-state index contributed by atoms with van der Waals surface area (Å²) in [5, 5.41) is 12.5. The van der Waals surface area contributed by atoms with E-state index in [0.717, 1.165) is 27.8 Å². The molecule has 0 atom stereocenters. The molecular weight excluding hydrogens is 425 g/mol. The zero-order chi connectivity index (χ0) is 22.5. The molecule has 1 N–H and O–H groups in total. The molecule has 0 radical (unpaired) electrons. The Morgan fingerprint density at radius 1 is 0.938 bits per heavy atom. The molecule has 1 aromatic heterocycles. The molecule has 6 heteroatoms. The molecule has 32 heavy (non-hydrogen) atoms. The van der Waals surface area contributed by atoms with E-state index in [0.29, 0.717) is 16.1 Å². The zero-order valence-corrected chi connectivity index (χ0v) is 17.6. The second-order valence-corrected chi connectivity index (χ2v) is 7.56. The molecule has 4 rings (SSSR count). The number of nitrogens with zero attached hydrogens (tertiary/aromatic N) is 2. The maximum atomic E-state index is 13.1. The highest BCUT2D eigenvalue weighted by atomic mass is 35.5. The Morgan fingerprint density at radius 3 is 2.44 bits per heavy atom. The van der Waals surface area contributed by atoms with E-state index in [1.54, 1.807) is 48.7 Å². The van der Waals surface area contributed by atoms with Crippen LogP contribution in [0, 0.1) is 17.1 Å². The van der Waals surface area contributed by atoms with Crippen molar-refractivity contribution in [1.29, 1.82) is 5.26 Å². The van der Waals surface area contributed by atoms with Gasteiger partial charge < -0.3 is 5.32 Å². The van der Waals surface area contributed by atoms with Crippen LogP contribution in [0.2, 0.25) is 5.02 Å². The third-order valence-electron chi connectivity index (χ3n) is 5.00. The van der Waals surface area contributed by atoms with E-state index in [-0.39, 0.29) is 18.3 Å². The van der Waals surface area contributed by atoms with Gasteiger partial charge in [0.15, 0.2) is 0 Å². The van der Waals surface area contributed by atoms with Crippen LogP contribution in [0.15, 0.2) is 85.2 Å². The molecular formula is C26H17ClFN3O.